The first-order chi connectivity index (χ1) is 6.55. The molecule has 0 radical (unpaired) electrons. The van der Waals surface area contributed by atoms with Gasteiger partial charge in [-0.2, -0.15) is 0 Å². The first-order valence-electron chi connectivity index (χ1n) is 4.16. The molecule has 0 aliphatic rings. The van der Waals surface area contributed by atoms with E-state index < -0.39 is 17.7 Å². The van der Waals surface area contributed by atoms with E-state index >= 15 is 0 Å². The molecule has 0 aliphatic heterocycles. The summed E-state index contributed by atoms with van der Waals surface area (Å²) in [5.74, 6) is -2.90. The van der Waals surface area contributed by atoms with Crippen molar-refractivity contribution in [1.29, 1.82) is 0 Å². The van der Waals surface area contributed by atoms with Crippen LogP contribution in [0.3, 0.4) is 0 Å². The van der Waals surface area contributed by atoms with Crippen molar-refractivity contribution >= 4 is 11.8 Å². The monoisotopic (exact) mass is 301 g/mol. The van der Waals surface area contributed by atoms with Gasteiger partial charge in [0, 0.05) is 18.3 Å². The number of Topliss-reactive ketones (excluding diaryl/α,β-unsaturated/α-hetero) is 1. The predicted molar refractivity (Wildman–Crippen MR) is 49.1 cm³/mol. The number of carboxylic acid groups (broad SMARTS) is 1. The third-order valence-electron chi connectivity index (χ3n) is 1.29. The summed E-state index contributed by atoms with van der Waals surface area (Å²) >= 11 is 0. The van der Waals surface area contributed by atoms with Crippen LogP contribution >= 0.6 is 0 Å². The summed E-state index contributed by atoms with van der Waals surface area (Å²) in [5.41, 5.74) is 0. The SMILES string of the molecule is CC(C)C(=O)C(=O)[O-].[Ag+].c1ccncc1. The molecule has 0 saturated heterocycles. The van der Waals surface area contributed by atoms with Crippen LogP contribution in [0.25, 0.3) is 0 Å². The molecule has 1 rings (SSSR count). The molecule has 0 saturated carbocycles. The Balaban J connectivity index is 0. The smallest absolute Gasteiger partial charge is 0.542 e. The van der Waals surface area contributed by atoms with E-state index in [-0.39, 0.29) is 22.4 Å². The van der Waals surface area contributed by atoms with E-state index in [9.17, 15) is 14.7 Å². The van der Waals surface area contributed by atoms with Crippen LogP contribution in [0, 0.1) is 5.92 Å². The average molecular weight is 302 g/mol. The summed E-state index contributed by atoms with van der Waals surface area (Å²) < 4.78 is 0. The van der Waals surface area contributed by atoms with Crippen LogP contribution in [0.5, 0.6) is 0 Å². The zero-order valence-corrected chi connectivity index (χ0v) is 9.92. The summed E-state index contributed by atoms with van der Waals surface area (Å²) in [4.78, 5) is 23.6. The van der Waals surface area contributed by atoms with Gasteiger partial charge in [0.25, 0.3) is 0 Å². The maximum atomic E-state index is 10.2. The fourth-order valence-corrected chi connectivity index (χ4v) is 0.548. The van der Waals surface area contributed by atoms with Crippen LogP contribution < -0.4 is 5.11 Å². The van der Waals surface area contributed by atoms with Gasteiger partial charge in [0.05, 0.1) is 0 Å². The number of carbonyl (C=O) groups is 2. The van der Waals surface area contributed by atoms with Gasteiger partial charge >= 0.3 is 22.4 Å². The second kappa shape index (κ2) is 9.58. The maximum Gasteiger partial charge on any atom is 1.00 e. The number of carbonyl (C=O) groups excluding carboxylic acids is 2. The van der Waals surface area contributed by atoms with E-state index in [1.165, 1.54) is 13.8 Å². The third kappa shape index (κ3) is 9.34. The standard InChI is InChI=1S/C5H5N.C5H8O3.Ag/c1-2-4-6-5-3-1;1-3(2)4(6)5(7)8;/h1-5H;3H,1-2H3,(H,7,8);/q;;+1/p-1. The second-order valence-corrected chi connectivity index (χ2v) is 2.83. The molecule has 15 heavy (non-hydrogen) atoms. The molecule has 1 aromatic heterocycles. The summed E-state index contributed by atoms with van der Waals surface area (Å²) in [6.07, 6.45) is 3.50. The zero-order chi connectivity index (χ0) is 11.0. The molecular weight excluding hydrogens is 290 g/mol. The van der Waals surface area contributed by atoms with Crippen molar-refractivity contribution in [3.63, 3.8) is 0 Å². The molecule has 86 valence electrons. The number of carboxylic acids is 1. The van der Waals surface area contributed by atoms with Crippen LogP contribution in [0.2, 0.25) is 0 Å². The van der Waals surface area contributed by atoms with E-state index in [0.717, 1.165) is 0 Å². The van der Waals surface area contributed by atoms with E-state index in [0.29, 0.717) is 0 Å². The van der Waals surface area contributed by atoms with Gasteiger partial charge in [-0.3, -0.25) is 9.78 Å². The van der Waals surface area contributed by atoms with Crippen molar-refractivity contribution in [2.24, 2.45) is 5.92 Å². The molecule has 0 fully saturated rings. The Kier molecular flexibility index (Phi) is 10.5. The summed E-state index contributed by atoms with van der Waals surface area (Å²) in [5, 5.41) is 9.68. The van der Waals surface area contributed by atoms with Crippen molar-refractivity contribution in [3.05, 3.63) is 30.6 Å². The number of pyridine rings is 1. The van der Waals surface area contributed by atoms with Crippen molar-refractivity contribution in [2.45, 2.75) is 13.8 Å². The van der Waals surface area contributed by atoms with E-state index in [2.05, 4.69) is 4.98 Å². The van der Waals surface area contributed by atoms with Gasteiger partial charge in [-0.1, -0.05) is 19.9 Å². The van der Waals surface area contributed by atoms with Gasteiger partial charge < -0.3 is 9.90 Å². The van der Waals surface area contributed by atoms with Gasteiger partial charge in [-0.25, -0.2) is 0 Å². The minimum Gasteiger partial charge on any atom is -0.542 e. The first-order valence-corrected chi connectivity index (χ1v) is 4.16. The Bertz CT molecular complexity index is 261. The van der Waals surface area contributed by atoms with Gasteiger partial charge in [-0.15, -0.1) is 0 Å². The molecule has 0 unspecified atom stereocenters. The maximum absolute atomic E-state index is 10.2. The molecule has 0 aromatic carbocycles. The number of nitrogens with zero attached hydrogens (tertiary/aromatic N) is 1. The second-order valence-electron chi connectivity index (χ2n) is 2.83. The summed E-state index contributed by atoms with van der Waals surface area (Å²) in [7, 11) is 0. The van der Waals surface area contributed by atoms with Crippen molar-refractivity contribution in [1.82, 2.24) is 4.98 Å². The van der Waals surface area contributed by atoms with Gasteiger partial charge in [0.2, 0.25) is 0 Å². The largest absolute Gasteiger partial charge is 1.00 e. The summed E-state index contributed by atoms with van der Waals surface area (Å²) in [6, 6.07) is 5.72. The van der Waals surface area contributed by atoms with Crippen LogP contribution in [-0.2, 0) is 32.0 Å². The van der Waals surface area contributed by atoms with Crippen LogP contribution in [-0.4, -0.2) is 16.7 Å². The summed E-state index contributed by atoms with van der Waals surface area (Å²) in [6.45, 7) is 3.02. The topological polar surface area (TPSA) is 70.1 Å². The fourth-order valence-electron chi connectivity index (χ4n) is 0.548. The van der Waals surface area contributed by atoms with E-state index in [1.54, 1.807) is 12.4 Å². The molecule has 0 bridgehead atoms. The van der Waals surface area contributed by atoms with Gasteiger partial charge in [0.1, 0.15) is 5.97 Å². The molecular formula is C10H12AgNO3. The first kappa shape index (κ1) is 16.5. The number of hydrogen-bond donors (Lipinski definition) is 0. The fraction of sp³-hybridized carbons (Fsp3) is 0.300. The molecule has 5 heteroatoms. The molecule has 0 atom stereocenters. The quantitative estimate of drug-likeness (QED) is 0.571. The molecule has 0 N–H and O–H groups in total. The number of aromatic nitrogens is 1. The van der Waals surface area contributed by atoms with Gasteiger partial charge in [0.15, 0.2) is 5.78 Å². The Labute approximate surface area is 104 Å². The molecule has 0 spiro atoms. The molecule has 0 aliphatic carbocycles. The molecule has 1 aromatic rings. The average Bonchev–Trinajstić information content (AvgIpc) is 2.20. The third-order valence-corrected chi connectivity index (χ3v) is 1.29. The van der Waals surface area contributed by atoms with Crippen molar-refractivity contribution in [3.8, 4) is 0 Å². The van der Waals surface area contributed by atoms with Crippen LogP contribution in [0.1, 0.15) is 13.8 Å². The number of aliphatic carboxylic acids is 1. The molecule has 0 amide bonds. The Morgan fingerprint density at radius 1 is 1.13 bits per heavy atom. The normalized spacial score (nSPS) is 8.20. The zero-order valence-electron chi connectivity index (χ0n) is 8.44. The Hall–Kier alpha value is -0.970. The predicted octanol–water partition coefficient (Wildman–Crippen LogP) is 0.0405. The Morgan fingerprint density at radius 3 is 1.67 bits per heavy atom. The van der Waals surface area contributed by atoms with Crippen LogP contribution in [0.15, 0.2) is 30.6 Å². The number of ketones is 1. The minimum atomic E-state index is -1.60. The molecule has 4 nitrogen and oxygen atoms in total. The van der Waals surface area contributed by atoms with Crippen LogP contribution in [0.4, 0.5) is 0 Å². The van der Waals surface area contributed by atoms with E-state index in [1.807, 2.05) is 18.2 Å². The van der Waals surface area contributed by atoms with Crippen molar-refractivity contribution in [2.75, 3.05) is 0 Å². The minimum absolute atomic E-state index is 0. The Morgan fingerprint density at radius 2 is 1.60 bits per heavy atom. The molecule has 1 heterocycles. The number of hydrogen-bond acceptors (Lipinski definition) is 4. The van der Waals surface area contributed by atoms with E-state index in [4.69, 9.17) is 0 Å². The number of rotatable bonds is 2. The van der Waals surface area contributed by atoms with Gasteiger partial charge in [-0.05, 0) is 12.1 Å². The van der Waals surface area contributed by atoms with Crippen molar-refractivity contribution < 1.29 is 37.1 Å².